The number of nitrogens with one attached hydrogen (secondary N) is 2. The van der Waals surface area contributed by atoms with Crippen LogP contribution in [0, 0.1) is 11.8 Å². The molecule has 3 rings (SSSR count). The Morgan fingerprint density at radius 2 is 1.59 bits per heavy atom. The molecule has 7 nitrogen and oxygen atoms in total. The van der Waals surface area contributed by atoms with Crippen molar-refractivity contribution in [3.8, 4) is 0 Å². The quantitative estimate of drug-likeness (QED) is 0.676. The second-order valence-electron chi connectivity index (χ2n) is 6.85. The molecule has 1 aliphatic carbocycles. The number of rotatable bonds is 7. The fourth-order valence-electron chi connectivity index (χ4n) is 3.31. The van der Waals surface area contributed by atoms with Crippen molar-refractivity contribution >= 4 is 29.2 Å². The van der Waals surface area contributed by atoms with E-state index in [-0.39, 0.29) is 24.1 Å². The number of carbonyl (C=O) groups is 3. The van der Waals surface area contributed by atoms with Gasteiger partial charge in [0.25, 0.3) is 0 Å². The number of benzene rings is 2. The predicted molar refractivity (Wildman–Crippen MR) is 104 cm³/mol. The van der Waals surface area contributed by atoms with Crippen LogP contribution in [0.5, 0.6) is 0 Å². The summed E-state index contributed by atoms with van der Waals surface area (Å²) >= 11 is 0. The van der Waals surface area contributed by atoms with E-state index in [0.717, 1.165) is 5.56 Å². The van der Waals surface area contributed by atoms with Gasteiger partial charge in [0.05, 0.1) is 23.3 Å². The first-order chi connectivity index (χ1) is 14.0. The highest BCUT2D eigenvalue weighted by molar-refractivity contribution is 5.99. The molecule has 0 saturated heterocycles. The molecule has 0 unspecified atom stereocenters. The smallest absolute Gasteiger partial charge is 0.228 e. The van der Waals surface area contributed by atoms with Crippen LogP contribution >= 0.6 is 0 Å². The van der Waals surface area contributed by atoms with E-state index in [0.29, 0.717) is 12.2 Å². The van der Waals surface area contributed by atoms with Crippen molar-refractivity contribution in [2.45, 2.75) is 19.4 Å². The van der Waals surface area contributed by atoms with Crippen LogP contribution in [-0.2, 0) is 16.1 Å². The lowest BCUT2D eigenvalue weighted by Gasteiger charge is -2.28. The van der Waals surface area contributed by atoms with Crippen LogP contribution in [0.2, 0.25) is 0 Å². The number of hydrogen-bond acceptors (Lipinski definition) is 6. The minimum Gasteiger partial charge on any atom is -0.550 e. The van der Waals surface area contributed by atoms with Crippen molar-refractivity contribution in [2.75, 3.05) is 10.6 Å². The first kappa shape index (κ1) is 20.1. The molecule has 0 bridgehead atoms. The van der Waals surface area contributed by atoms with Gasteiger partial charge in [0.1, 0.15) is 0 Å². The maximum Gasteiger partial charge on any atom is 0.228 e. The molecule has 2 aromatic carbocycles. The van der Waals surface area contributed by atoms with E-state index in [1.807, 2.05) is 30.3 Å². The zero-order chi connectivity index (χ0) is 20.8. The highest BCUT2D eigenvalue weighted by Crippen LogP contribution is 2.29. The fraction of sp³-hybridized carbons (Fsp3) is 0.227. The monoisotopic (exact) mass is 392 g/mol. The van der Waals surface area contributed by atoms with Gasteiger partial charge >= 0.3 is 0 Å². The number of aliphatic carboxylic acids is 1. The summed E-state index contributed by atoms with van der Waals surface area (Å²) in [5.41, 5.74) is 1.68. The van der Waals surface area contributed by atoms with Crippen molar-refractivity contribution in [2.24, 2.45) is 11.8 Å². The highest BCUT2D eigenvalue weighted by atomic mass is 16.4. The van der Waals surface area contributed by atoms with E-state index in [1.165, 1.54) is 12.1 Å². The second-order valence-corrected chi connectivity index (χ2v) is 6.85. The molecule has 0 aliphatic heterocycles. The lowest BCUT2D eigenvalue weighted by Crippen LogP contribution is -2.41. The SMILES string of the molecule is O=C([O-])c1ccc(NCc2ccccc2)c(NC(=O)[C@@H]2CC=CC[C@H]2C(=O)[O-])c1. The average molecular weight is 392 g/mol. The van der Waals surface area contributed by atoms with Gasteiger partial charge in [-0.25, -0.2) is 0 Å². The summed E-state index contributed by atoms with van der Waals surface area (Å²) in [6.45, 7) is 0.461. The number of carboxylic acids is 2. The molecule has 0 saturated carbocycles. The fourth-order valence-corrected chi connectivity index (χ4v) is 3.31. The molecule has 1 aliphatic rings. The topological polar surface area (TPSA) is 121 Å². The van der Waals surface area contributed by atoms with Crippen molar-refractivity contribution < 1.29 is 24.6 Å². The maximum absolute atomic E-state index is 12.8. The van der Waals surface area contributed by atoms with Gasteiger partial charge in [-0.2, -0.15) is 0 Å². The van der Waals surface area contributed by atoms with Crippen molar-refractivity contribution in [3.63, 3.8) is 0 Å². The minimum atomic E-state index is -1.37. The van der Waals surface area contributed by atoms with E-state index < -0.39 is 29.7 Å². The maximum atomic E-state index is 12.8. The zero-order valence-corrected chi connectivity index (χ0v) is 15.6. The van der Waals surface area contributed by atoms with Crippen molar-refractivity contribution in [1.29, 1.82) is 0 Å². The molecule has 1 amide bonds. The molecule has 2 aromatic rings. The number of allylic oxidation sites excluding steroid dienone is 2. The third-order valence-electron chi connectivity index (χ3n) is 4.91. The molecule has 0 radical (unpaired) electrons. The van der Waals surface area contributed by atoms with E-state index in [4.69, 9.17) is 0 Å². The molecule has 0 aromatic heterocycles. The minimum absolute atomic E-state index is 0.0921. The van der Waals surface area contributed by atoms with Gasteiger partial charge < -0.3 is 30.4 Å². The summed E-state index contributed by atoms with van der Waals surface area (Å²) in [5, 5.41) is 28.4. The van der Waals surface area contributed by atoms with Gasteiger partial charge in [0.15, 0.2) is 0 Å². The van der Waals surface area contributed by atoms with Crippen molar-refractivity contribution in [1.82, 2.24) is 0 Å². The Kier molecular flexibility index (Phi) is 6.29. The largest absolute Gasteiger partial charge is 0.550 e. The molecule has 7 heteroatoms. The van der Waals surface area contributed by atoms with Gasteiger partial charge in [-0.05, 0) is 36.1 Å². The molecule has 0 fully saturated rings. The lowest BCUT2D eigenvalue weighted by molar-refractivity contribution is -0.313. The van der Waals surface area contributed by atoms with Crippen LogP contribution < -0.4 is 20.8 Å². The first-order valence-electron chi connectivity index (χ1n) is 9.25. The standard InChI is InChI=1S/C22H22N2O5/c25-20(16-8-4-5-9-17(16)22(28)29)24-19-12-15(21(26)27)10-11-18(19)23-13-14-6-2-1-3-7-14/h1-7,10-12,16-17,23H,8-9,13H2,(H,24,25)(H,26,27)(H,28,29)/p-2/t16-,17-/m1/s1. The lowest BCUT2D eigenvalue weighted by atomic mass is 9.82. The van der Waals surface area contributed by atoms with Crippen LogP contribution in [0.15, 0.2) is 60.7 Å². The van der Waals surface area contributed by atoms with E-state index >= 15 is 0 Å². The third-order valence-corrected chi connectivity index (χ3v) is 4.91. The van der Waals surface area contributed by atoms with Gasteiger partial charge in [-0.15, -0.1) is 0 Å². The molecule has 2 atom stereocenters. The number of aromatic carboxylic acids is 1. The van der Waals surface area contributed by atoms with E-state index in [1.54, 1.807) is 18.2 Å². The summed E-state index contributed by atoms with van der Waals surface area (Å²) in [6, 6.07) is 13.8. The Balaban J connectivity index is 1.82. The molecule has 150 valence electrons. The summed E-state index contributed by atoms with van der Waals surface area (Å²) in [7, 11) is 0. The molecule has 29 heavy (non-hydrogen) atoms. The Hall–Kier alpha value is -3.61. The van der Waals surface area contributed by atoms with Crippen LogP contribution in [0.3, 0.4) is 0 Å². The van der Waals surface area contributed by atoms with Gasteiger partial charge in [0, 0.05) is 18.4 Å². The Bertz CT molecular complexity index is 939. The van der Waals surface area contributed by atoms with Crippen LogP contribution in [0.4, 0.5) is 11.4 Å². The van der Waals surface area contributed by atoms with Crippen LogP contribution in [0.25, 0.3) is 0 Å². The van der Waals surface area contributed by atoms with Gasteiger partial charge in [-0.1, -0.05) is 48.6 Å². The highest BCUT2D eigenvalue weighted by Gasteiger charge is 2.30. The molecular formula is C22H20N2O5-2. The van der Waals surface area contributed by atoms with E-state index in [2.05, 4.69) is 10.6 Å². The summed E-state index contributed by atoms with van der Waals surface area (Å²) in [4.78, 5) is 35.4. The molecular weight excluding hydrogens is 372 g/mol. The van der Waals surface area contributed by atoms with E-state index in [9.17, 15) is 24.6 Å². The summed E-state index contributed by atoms with van der Waals surface area (Å²) in [5.74, 6) is -4.87. The summed E-state index contributed by atoms with van der Waals surface area (Å²) in [6.07, 6.45) is 3.97. The Labute approximate surface area is 168 Å². The summed E-state index contributed by atoms with van der Waals surface area (Å²) < 4.78 is 0. The number of anilines is 2. The number of hydrogen-bond donors (Lipinski definition) is 2. The molecule has 2 N–H and O–H groups in total. The third kappa shape index (κ3) is 5.01. The van der Waals surface area contributed by atoms with Crippen LogP contribution in [0.1, 0.15) is 28.8 Å². The Morgan fingerprint density at radius 1 is 0.897 bits per heavy atom. The molecule has 0 heterocycles. The van der Waals surface area contributed by atoms with Gasteiger partial charge in [-0.3, -0.25) is 4.79 Å². The second kappa shape index (κ2) is 9.05. The predicted octanol–water partition coefficient (Wildman–Crippen LogP) is 0.933. The molecule has 0 spiro atoms. The first-order valence-corrected chi connectivity index (χ1v) is 9.25. The number of carboxylic acid groups (broad SMARTS) is 2. The van der Waals surface area contributed by atoms with Gasteiger partial charge in [0.2, 0.25) is 5.91 Å². The zero-order valence-electron chi connectivity index (χ0n) is 15.6. The normalized spacial score (nSPS) is 18.1. The Morgan fingerprint density at radius 3 is 2.24 bits per heavy atom. The van der Waals surface area contributed by atoms with Crippen molar-refractivity contribution in [3.05, 3.63) is 71.8 Å². The number of amides is 1. The average Bonchev–Trinajstić information content (AvgIpc) is 2.73. The number of carbonyl (C=O) groups excluding carboxylic acids is 3. The van der Waals surface area contributed by atoms with Crippen LogP contribution in [-0.4, -0.2) is 17.8 Å².